The van der Waals surface area contributed by atoms with Gasteiger partial charge < -0.3 is 45.3 Å². The number of fused-ring (bicyclic) bond motifs is 2. The molecular weight excluding hydrogens is 670 g/mol. The first-order valence-corrected chi connectivity index (χ1v) is 16.4. The molecule has 3 heterocycles. The van der Waals surface area contributed by atoms with Gasteiger partial charge in [0.1, 0.15) is 30.1 Å². The minimum atomic E-state index is -1.33. The van der Waals surface area contributed by atoms with Crippen LogP contribution in [0.2, 0.25) is 0 Å². The zero-order valence-electron chi connectivity index (χ0n) is 27.6. The van der Waals surface area contributed by atoms with Crippen molar-refractivity contribution in [3.8, 4) is 5.75 Å². The van der Waals surface area contributed by atoms with Crippen molar-refractivity contribution in [3.63, 3.8) is 0 Å². The molecule has 7 N–H and O–H groups in total. The van der Waals surface area contributed by atoms with Crippen molar-refractivity contribution < 1.29 is 38.5 Å². The molecule has 3 amide bonds. The van der Waals surface area contributed by atoms with Crippen molar-refractivity contribution in [1.82, 2.24) is 25.9 Å². The van der Waals surface area contributed by atoms with E-state index in [-0.39, 0.29) is 25.0 Å². The molecule has 0 fully saturated rings. The molecule has 0 aliphatic rings. The molecule has 6 aromatic rings. The number of rotatable bonds is 14. The predicted octanol–water partition coefficient (Wildman–Crippen LogP) is 3.69. The number of ether oxygens (including phenoxy) is 1. The second kappa shape index (κ2) is 15.8. The molecule has 0 saturated heterocycles. The van der Waals surface area contributed by atoms with Crippen LogP contribution < -0.4 is 21.4 Å². The highest BCUT2D eigenvalue weighted by molar-refractivity contribution is 5.94. The minimum absolute atomic E-state index is 0.00973. The second-order valence-electron chi connectivity index (χ2n) is 12.1. The molecule has 0 radical (unpaired) electrons. The number of amides is 3. The van der Waals surface area contributed by atoms with E-state index in [1.807, 2.05) is 48.5 Å². The smallest absolute Gasteiger partial charge is 0.408 e. The Bertz CT molecular complexity index is 2280. The van der Waals surface area contributed by atoms with Gasteiger partial charge in [0.25, 0.3) is 0 Å². The van der Waals surface area contributed by atoms with Crippen LogP contribution in [0, 0.1) is 0 Å². The SMILES string of the molecule is O=C(N[C@@H](Cc1ccccc1)C(=O)N[C@@H](Cc1c[nH]c2ccccc12)C(=O)N[C@@H](Cc1c[nH]c2ccccc12)C(=O)O)OCc1cc(=O)c(O)co1. The van der Waals surface area contributed by atoms with Gasteiger partial charge in [-0.05, 0) is 28.8 Å². The van der Waals surface area contributed by atoms with Gasteiger partial charge in [-0.3, -0.25) is 14.4 Å². The zero-order valence-corrected chi connectivity index (χ0v) is 27.6. The molecule has 3 atom stereocenters. The summed E-state index contributed by atoms with van der Waals surface area (Å²) in [5, 5.41) is 29.1. The molecule has 266 valence electrons. The van der Waals surface area contributed by atoms with Crippen LogP contribution in [0.5, 0.6) is 5.75 Å². The molecule has 0 saturated carbocycles. The van der Waals surface area contributed by atoms with Crippen molar-refractivity contribution in [1.29, 1.82) is 0 Å². The monoisotopic (exact) mass is 705 g/mol. The largest absolute Gasteiger partial charge is 0.502 e. The number of para-hydroxylation sites is 2. The fraction of sp³-hybridized carbons (Fsp3) is 0.184. The lowest BCUT2D eigenvalue weighted by Crippen LogP contribution is -2.57. The third-order valence-corrected chi connectivity index (χ3v) is 8.55. The zero-order chi connectivity index (χ0) is 36.6. The summed E-state index contributed by atoms with van der Waals surface area (Å²) in [6, 6.07) is 20.8. The van der Waals surface area contributed by atoms with E-state index in [4.69, 9.17) is 9.15 Å². The molecule has 14 heteroatoms. The van der Waals surface area contributed by atoms with E-state index in [0.29, 0.717) is 16.7 Å². The molecular formula is C38H35N5O9. The molecule has 14 nitrogen and oxygen atoms in total. The number of H-pyrrole nitrogens is 2. The number of aromatic hydroxyl groups is 1. The summed E-state index contributed by atoms with van der Waals surface area (Å²) in [5.74, 6) is -3.38. The van der Waals surface area contributed by atoms with Gasteiger partial charge in [0.15, 0.2) is 12.4 Å². The summed E-state index contributed by atoms with van der Waals surface area (Å²) in [6.45, 7) is -0.473. The Hall–Kier alpha value is -6.83. The van der Waals surface area contributed by atoms with E-state index >= 15 is 0 Å². The summed E-state index contributed by atoms with van der Waals surface area (Å²) >= 11 is 0. The molecule has 0 bridgehead atoms. The Morgan fingerprint density at radius 1 is 0.712 bits per heavy atom. The quantitative estimate of drug-likeness (QED) is 0.0879. The predicted molar refractivity (Wildman–Crippen MR) is 189 cm³/mol. The van der Waals surface area contributed by atoms with Gasteiger partial charge in [-0.25, -0.2) is 9.59 Å². The van der Waals surface area contributed by atoms with Crippen molar-refractivity contribution in [2.75, 3.05) is 0 Å². The number of hydrogen-bond donors (Lipinski definition) is 7. The number of carbonyl (C=O) groups excluding carboxylic acids is 3. The molecule has 0 spiro atoms. The number of hydrogen-bond acceptors (Lipinski definition) is 8. The summed E-state index contributed by atoms with van der Waals surface area (Å²) < 4.78 is 10.3. The van der Waals surface area contributed by atoms with E-state index in [9.17, 15) is 34.2 Å². The van der Waals surface area contributed by atoms with Crippen molar-refractivity contribution in [3.05, 3.63) is 136 Å². The van der Waals surface area contributed by atoms with Crippen LogP contribution in [0.1, 0.15) is 22.5 Å². The highest BCUT2D eigenvalue weighted by Crippen LogP contribution is 2.21. The highest BCUT2D eigenvalue weighted by Gasteiger charge is 2.31. The van der Waals surface area contributed by atoms with Gasteiger partial charge in [-0.1, -0.05) is 66.7 Å². The number of aromatic nitrogens is 2. The van der Waals surface area contributed by atoms with E-state index in [0.717, 1.165) is 34.1 Å². The van der Waals surface area contributed by atoms with Crippen LogP contribution in [0.15, 0.2) is 113 Å². The van der Waals surface area contributed by atoms with Crippen molar-refractivity contribution >= 4 is 45.7 Å². The first-order chi connectivity index (χ1) is 25.1. The Balaban J connectivity index is 1.23. The number of aliphatic carboxylic acids is 1. The lowest BCUT2D eigenvalue weighted by molar-refractivity contribution is -0.142. The Morgan fingerprint density at radius 2 is 1.25 bits per heavy atom. The number of carboxylic acids is 1. The van der Waals surface area contributed by atoms with Crippen LogP contribution >= 0.6 is 0 Å². The van der Waals surface area contributed by atoms with Crippen LogP contribution in [-0.2, 0) is 45.0 Å². The molecule has 0 unspecified atom stereocenters. The average molecular weight is 706 g/mol. The summed E-state index contributed by atoms with van der Waals surface area (Å²) in [7, 11) is 0. The molecule has 0 aliphatic heterocycles. The van der Waals surface area contributed by atoms with Crippen LogP contribution in [0.25, 0.3) is 21.8 Å². The number of nitrogens with one attached hydrogen (secondary N) is 5. The molecule has 3 aromatic heterocycles. The Morgan fingerprint density at radius 3 is 1.85 bits per heavy atom. The van der Waals surface area contributed by atoms with Crippen molar-refractivity contribution in [2.24, 2.45) is 0 Å². The van der Waals surface area contributed by atoms with Gasteiger partial charge >= 0.3 is 12.1 Å². The molecule has 52 heavy (non-hydrogen) atoms. The van der Waals surface area contributed by atoms with Gasteiger partial charge in [0.05, 0.1) is 0 Å². The number of aromatic amines is 2. The summed E-state index contributed by atoms with van der Waals surface area (Å²) in [5.41, 5.74) is 2.98. The average Bonchev–Trinajstić information content (AvgIpc) is 3.75. The van der Waals surface area contributed by atoms with E-state index in [1.165, 1.54) is 0 Å². The lowest BCUT2D eigenvalue weighted by atomic mass is 10.0. The van der Waals surface area contributed by atoms with Gasteiger partial charge in [-0.2, -0.15) is 0 Å². The third kappa shape index (κ3) is 8.48. The normalized spacial score (nSPS) is 12.8. The second-order valence-corrected chi connectivity index (χ2v) is 12.1. The maximum absolute atomic E-state index is 14.0. The van der Waals surface area contributed by atoms with E-state index in [2.05, 4.69) is 25.9 Å². The number of benzene rings is 3. The van der Waals surface area contributed by atoms with Crippen LogP contribution in [-0.4, -0.2) is 62.2 Å². The molecule has 0 aliphatic carbocycles. The third-order valence-electron chi connectivity index (χ3n) is 8.55. The highest BCUT2D eigenvalue weighted by atomic mass is 16.6. The Labute approximate surface area is 295 Å². The molecule has 6 rings (SSSR count). The lowest BCUT2D eigenvalue weighted by Gasteiger charge is -2.24. The van der Waals surface area contributed by atoms with Crippen LogP contribution in [0.3, 0.4) is 0 Å². The fourth-order valence-electron chi connectivity index (χ4n) is 5.89. The number of carboxylic acid groups (broad SMARTS) is 1. The number of carbonyl (C=O) groups is 4. The van der Waals surface area contributed by atoms with E-state index in [1.54, 1.807) is 42.7 Å². The standard InChI is InChI=1S/C38H35N5O9/c44-33-17-25(51-21-34(33)45)20-52-38(50)43-30(14-22-8-2-1-3-9-22)35(46)41-31(15-23-18-39-28-12-6-4-10-26(23)28)36(47)42-32(37(48)49)16-24-19-40-29-13-7-5-11-27(24)29/h1-13,17-19,21,30-32,39-40,45H,14-16,20H2,(H,41,46)(H,42,47)(H,43,50)(H,48,49)/t30-,31-,32-/m0/s1. The van der Waals surface area contributed by atoms with Gasteiger partial charge in [0, 0.05) is 59.5 Å². The first kappa shape index (κ1) is 35.0. The first-order valence-electron chi connectivity index (χ1n) is 16.4. The van der Waals surface area contributed by atoms with Gasteiger partial charge in [0.2, 0.25) is 17.2 Å². The summed E-state index contributed by atoms with van der Waals surface area (Å²) in [4.78, 5) is 71.4. The topological polar surface area (TPSA) is 216 Å². The van der Waals surface area contributed by atoms with E-state index < -0.39 is 59.8 Å². The fourth-order valence-corrected chi connectivity index (χ4v) is 5.89. The maximum Gasteiger partial charge on any atom is 0.408 e. The van der Waals surface area contributed by atoms with Crippen molar-refractivity contribution in [2.45, 2.75) is 44.0 Å². The van der Waals surface area contributed by atoms with Gasteiger partial charge in [-0.15, -0.1) is 0 Å². The number of alkyl carbamates (subject to hydrolysis) is 1. The minimum Gasteiger partial charge on any atom is -0.502 e. The Kier molecular flexibility index (Phi) is 10.6. The maximum atomic E-state index is 14.0. The molecule has 3 aromatic carbocycles. The summed E-state index contributed by atoms with van der Waals surface area (Å²) in [6.07, 6.45) is 3.19. The van der Waals surface area contributed by atoms with Crippen LogP contribution in [0.4, 0.5) is 4.79 Å².